The second-order valence-electron chi connectivity index (χ2n) is 4.48. The molecule has 1 amide bonds. The first-order valence-electron chi connectivity index (χ1n) is 6.56. The summed E-state index contributed by atoms with van der Waals surface area (Å²) in [7, 11) is 1.69. The summed E-state index contributed by atoms with van der Waals surface area (Å²) in [4.78, 5) is 15.9. The van der Waals surface area contributed by atoms with Crippen molar-refractivity contribution in [2.75, 3.05) is 38.2 Å². The number of nitrogens with zero attached hydrogens (tertiary/aromatic N) is 2. The number of allylic oxidation sites excluding steroid dienone is 1. The van der Waals surface area contributed by atoms with Gasteiger partial charge in [-0.1, -0.05) is 18.2 Å². The largest absolute Gasteiger partial charge is 0.495 e. The molecule has 0 unspecified atom stereocenters. The predicted molar refractivity (Wildman–Crippen MR) is 76.6 cm³/mol. The van der Waals surface area contributed by atoms with E-state index in [0.717, 1.165) is 37.6 Å². The van der Waals surface area contributed by atoms with Crippen LogP contribution in [0.1, 0.15) is 6.92 Å². The smallest absolute Gasteiger partial charge is 0.246 e. The number of anilines is 1. The van der Waals surface area contributed by atoms with E-state index in [1.165, 1.54) is 0 Å². The van der Waals surface area contributed by atoms with Crippen molar-refractivity contribution in [2.24, 2.45) is 0 Å². The van der Waals surface area contributed by atoms with Crippen LogP contribution in [0.25, 0.3) is 0 Å². The molecule has 0 bridgehead atoms. The van der Waals surface area contributed by atoms with Crippen LogP contribution in [0.2, 0.25) is 0 Å². The van der Waals surface area contributed by atoms with Gasteiger partial charge in [-0.15, -0.1) is 0 Å². The molecule has 0 aromatic heterocycles. The molecular weight excluding hydrogens is 240 g/mol. The zero-order valence-electron chi connectivity index (χ0n) is 11.5. The Balaban J connectivity index is 2.02. The Morgan fingerprint density at radius 1 is 1.21 bits per heavy atom. The summed E-state index contributed by atoms with van der Waals surface area (Å²) in [5.74, 6) is 0.984. The third kappa shape index (κ3) is 3.08. The lowest BCUT2D eigenvalue weighted by atomic mass is 10.2. The topological polar surface area (TPSA) is 32.8 Å². The highest BCUT2D eigenvalue weighted by molar-refractivity contribution is 5.87. The van der Waals surface area contributed by atoms with Gasteiger partial charge in [0.25, 0.3) is 0 Å². The molecule has 1 saturated heterocycles. The normalized spacial score (nSPS) is 15.9. The third-order valence-electron chi connectivity index (χ3n) is 3.33. The molecule has 1 aliphatic heterocycles. The van der Waals surface area contributed by atoms with Crippen LogP contribution in [0.15, 0.2) is 36.4 Å². The zero-order chi connectivity index (χ0) is 13.7. The molecule has 4 nitrogen and oxygen atoms in total. The van der Waals surface area contributed by atoms with Gasteiger partial charge in [-0.2, -0.15) is 0 Å². The molecule has 2 rings (SSSR count). The highest BCUT2D eigenvalue weighted by Crippen LogP contribution is 2.28. The van der Waals surface area contributed by atoms with Gasteiger partial charge in [0.15, 0.2) is 0 Å². The summed E-state index contributed by atoms with van der Waals surface area (Å²) in [6, 6.07) is 8.00. The maximum absolute atomic E-state index is 11.8. The lowest BCUT2D eigenvalue weighted by Crippen LogP contribution is -2.48. The standard InChI is InChI=1S/C15H20N2O2/c1-3-6-15(18)17-11-9-16(10-12-17)13-7-4-5-8-14(13)19-2/h3-8H,9-12H2,1-2H3/b6-3+. The monoisotopic (exact) mass is 260 g/mol. The SMILES string of the molecule is C/C=C/C(=O)N1CCN(c2ccccc2OC)CC1. The van der Waals surface area contributed by atoms with Crippen LogP contribution in [0.5, 0.6) is 5.75 Å². The molecular formula is C15H20N2O2. The number of carbonyl (C=O) groups excluding carboxylic acids is 1. The van der Waals surface area contributed by atoms with E-state index in [9.17, 15) is 4.79 Å². The molecule has 1 heterocycles. The number of rotatable bonds is 3. The van der Waals surface area contributed by atoms with Crippen molar-refractivity contribution >= 4 is 11.6 Å². The maximum atomic E-state index is 11.8. The van der Waals surface area contributed by atoms with Crippen LogP contribution in [0.3, 0.4) is 0 Å². The number of hydrogen-bond acceptors (Lipinski definition) is 3. The first kappa shape index (κ1) is 13.5. The van der Waals surface area contributed by atoms with E-state index in [1.807, 2.05) is 30.0 Å². The van der Waals surface area contributed by atoms with Crippen LogP contribution in [0.4, 0.5) is 5.69 Å². The Bertz CT molecular complexity index is 463. The first-order valence-corrected chi connectivity index (χ1v) is 6.56. The maximum Gasteiger partial charge on any atom is 0.246 e. The van der Waals surface area contributed by atoms with Crippen molar-refractivity contribution in [3.05, 3.63) is 36.4 Å². The summed E-state index contributed by atoms with van der Waals surface area (Å²) in [5.41, 5.74) is 1.10. The van der Waals surface area contributed by atoms with E-state index in [0.29, 0.717) is 0 Å². The molecule has 0 aliphatic carbocycles. The molecule has 0 saturated carbocycles. The van der Waals surface area contributed by atoms with Gasteiger partial charge in [-0.05, 0) is 25.1 Å². The summed E-state index contributed by atoms with van der Waals surface area (Å²) < 4.78 is 5.38. The van der Waals surface area contributed by atoms with Crippen LogP contribution in [0, 0.1) is 0 Å². The molecule has 1 aliphatic rings. The zero-order valence-corrected chi connectivity index (χ0v) is 11.5. The number of carbonyl (C=O) groups is 1. The van der Waals surface area contributed by atoms with E-state index in [-0.39, 0.29) is 5.91 Å². The molecule has 0 N–H and O–H groups in total. The van der Waals surface area contributed by atoms with Gasteiger partial charge in [-0.25, -0.2) is 0 Å². The second-order valence-corrected chi connectivity index (χ2v) is 4.48. The molecule has 0 atom stereocenters. The minimum absolute atomic E-state index is 0.0992. The highest BCUT2D eigenvalue weighted by atomic mass is 16.5. The van der Waals surface area contributed by atoms with Crippen molar-refractivity contribution in [1.29, 1.82) is 0 Å². The third-order valence-corrected chi connectivity index (χ3v) is 3.33. The van der Waals surface area contributed by atoms with Crippen LogP contribution >= 0.6 is 0 Å². The van der Waals surface area contributed by atoms with E-state index in [4.69, 9.17) is 4.74 Å². The Hall–Kier alpha value is -1.97. The van der Waals surface area contributed by atoms with Crippen LogP contribution < -0.4 is 9.64 Å². The number of benzene rings is 1. The van der Waals surface area contributed by atoms with Gasteiger partial charge in [0, 0.05) is 26.2 Å². The van der Waals surface area contributed by atoms with Crippen LogP contribution in [-0.4, -0.2) is 44.1 Å². The van der Waals surface area contributed by atoms with Crippen molar-refractivity contribution in [2.45, 2.75) is 6.92 Å². The average Bonchev–Trinajstić information content (AvgIpc) is 2.47. The summed E-state index contributed by atoms with van der Waals surface area (Å²) in [6.45, 7) is 5.04. The summed E-state index contributed by atoms with van der Waals surface area (Å²) >= 11 is 0. The van der Waals surface area contributed by atoms with E-state index >= 15 is 0 Å². The number of ether oxygens (including phenoxy) is 1. The van der Waals surface area contributed by atoms with Crippen LogP contribution in [-0.2, 0) is 4.79 Å². The van der Waals surface area contributed by atoms with Gasteiger partial charge in [0.05, 0.1) is 12.8 Å². The lowest BCUT2D eigenvalue weighted by Gasteiger charge is -2.36. The number of hydrogen-bond donors (Lipinski definition) is 0. The molecule has 1 aromatic rings. The molecule has 4 heteroatoms. The molecule has 0 spiro atoms. The first-order chi connectivity index (χ1) is 9.26. The van der Waals surface area contributed by atoms with E-state index in [1.54, 1.807) is 19.3 Å². The van der Waals surface area contributed by atoms with E-state index < -0.39 is 0 Å². The molecule has 1 fully saturated rings. The number of amides is 1. The van der Waals surface area contributed by atoms with Gasteiger partial charge in [0.1, 0.15) is 5.75 Å². The Morgan fingerprint density at radius 2 is 1.89 bits per heavy atom. The summed E-state index contributed by atoms with van der Waals surface area (Å²) in [5, 5.41) is 0. The molecule has 1 aromatic carbocycles. The van der Waals surface area contributed by atoms with Crippen molar-refractivity contribution in [3.63, 3.8) is 0 Å². The fraction of sp³-hybridized carbons (Fsp3) is 0.400. The van der Waals surface area contributed by atoms with Crippen molar-refractivity contribution in [1.82, 2.24) is 4.90 Å². The number of piperazine rings is 1. The quantitative estimate of drug-likeness (QED) is 0.778. The Morgan fingerprint density at radius 3 is 2.53 bits per heavy atom. The number of para-hydroxylation sites is 2. The molecule has 102 valence electrons. The van der Waals surface area contributed by atoms with Gasteiger partial charge >= 0.3 is 0 Å². The molecule has 19 heavy (non-hydrogen) atoms. The Labute approximate surface area is 114 Å². The summed E-state index contributed by atoms with van der Waals surface area (Å²) in [6.07, 6.45) is 3.41. The van der Waals surface area contributed by atoms with Crippen molar-refractivity contribution < 1.29 is 9.53 Å². The Kier molecular flexibility index (Phi) is 4.44. The van der Waals surface area contributed by atoms with Gasteiger partial charge < -0.3 is 14.5 Å². The molecule has 0 radical (unpaired) electrons. The minimum atomic E-state index is 0.0992. The average molecular weight is 260 g/mol. The fourth-order valence-electron chi connectivity index (χ4n) is 2.31. The minimum Gasteiger partial charge on any atom is -0.495 e. The number of methoxy groups -OCH3 is 1. The fourth-order valence-corrected chi connectivity index (χ4v) is 2.31. The highest BCUT2D eigenvalue weighted by Gasteiger charge is 2.21. The predicted octanol–water partition coefficient (Wildman–Crippen LogP) is 1.92. The van der Waals surface area contributed by atoms with Crippen molar-refractivity contribution in [3.8, 4) is 5.75 Å². The van der Waals surface area contributed by atoms with E-state index in [2.05, 4.69) is 11.0 Å². The lowest BCUT2D eigenvalue weighted by molar-refractivity contribution is -0.126. The second kappa shape index (κ2) is 6.27. The van der Waals surface area contributed by atoms with Gasteiger partial charge in [0.2, 0.25) is 5.91 Å². The van der Waals surface area contributed by atoms with Gasteiger partial charge in [-0.3, -0.25) is 4.79 Å².